The lowest BCUT2D eigenvalue weighted by Gasteiger charge is -2.34. The van der Waals surface area contributed by atoms with Crippen LogP contribution in [0.3, 0.4) is 0 Å². The lowest BCUT2D eigenvalue weighted by atomic mass is 9.96. The Morgan fingerprint density at radius 3 is 2.26 bits per heavy atom. The molecule has 0 spiro atoms. The number of rotatable bonds is 2. The standard InChI is InChI=1S/C14H25N5/c1-14(2,3)13-16-11(15-4)10-12(17-13)19-8-6-18(5)7-9-19/h10H,6-9H2,1-5H3,(H,15,16,17). The molecule has 0 radical (unpaired) electrons. The molecule has 0 bridgehead atoms. The maximum atomic E-state index is 4.76. The molecule has 0 saturated carbocycles. The summed E-state index contributed by atoms with van der Waals surface area (Å²) in [6.45, 7) is 10.7. The van der Waals surface area contributed by atoms with Gasteiger partial charge in [0.05, 0.1) is 0 Å². The van der Waals surface area contributed by atoms with Gasteiger partial charge in [-0.3, -0.25) is 0 Å². The normalized spacial score (nSPS) is 17.6. The molecule has 106 valence electrons. The highest BCUT2D eigenvalue weighted by Crippen LogP contribution is 2.24. The van der Waals surface area contributed by atoms with E-state index < -0.39 is 0 Å². The van der Waals surface area contributed by atoms with Gasteiger partial charge in [0, 0.05) is 44.7 Å². The van der Waals surface area contributed by atoms with Crippen molar-refractivity contribution in [1.29, 1.82) is 0 Å². The van der Waals surface area contributed by atoms with Crippen LogP contribution in [0.25, 0.3) is 0 Å². The van der Waals surface area contributed by atoms with Gasteiger partial charge in [0.1, 0.15) is 17.5 Å². The number of anilines is 2. The Hall–Kier alpha value is -1.36. The summed E-state index contributed by atoms with van der Waals surface area (Å²) in [4.78, 5) is 14.0. The molecule has 2 heterocycles. The van der Waals surface area contributed by atoms with Crippen LogP contribution in [-0.2, 0) is 5.41 Å². The third-order valence-corrected chi connectivity index (χ3v) is 3.47. The van der Waals surface area contributed by atoms with E-state index in [0.717, 1.165) is 43.6 Å². The average Bonchev–Trinajstić information content (AvgIpc) is 2.38. The summed E-state index contributed by atoms with van der Waals surface area (Å²) in [5.74, 6) is 2.83. The molecule has 1 fully saturated rings. The van der Waals surface area contributed by atoms with Crippen LogP contribution in [0.5, 0.6) is 0 Å². The molecule has 1 aliphatic rings. The highest BCUT2D eigenvalue weighted by atomic mass is 15.3. The molecule has 0 aliphatic carbocycles. The van der Waals surface area contributed by atoms with E-state index >= 15 is 0 Å². The fourth-order valence-electron chi connectivity index (χ4n) is 2.10. The monoisotopic (exact) mass is 263 g/mol. The molecule has 1 saturated heterocycles. The zero-order chi connectivity index (χ0) is 14.0. The van der Waals surface area contributed by atoms with Crippen LogP contribution in [-0.4, -0.2) is 55.1 Å². The Morgan fingerprint density at radius 1 is 1.11 bits per heavy atom. The Morgan fingerprint density at radius 2 is 1.74 bits per heavy atom. The lowest BCUT2D eigenvalue weighted by Crippen LogP contribution is -2.45. The van der Waals surface area contributed by atoms with Crippen LogP contribution in [0.4, 0.5) is 11.6 Å². The molecule has 0 amide bonds. The van der Waals surface area contributed by atoms with E-state index in [4.69, 9.17) is 4.98 Å². The SMILES string of the molecule is CNc1cc(N2CCN(C)CC2)nc(C(C)(C)C)n1. The molecule has 1 N–H and O–H groups in total. The summed E-state index contributed by atoms with van der Waals surface area (Å²) in [6.07, 6.45) is 0. The number of likely N-dealkylation sites (N-methyl/N-ethyl adjacent to an activating group) is 1. The predicted molar refractivity (Wildman–Crippen MR) is 80.0 cm³/mol. The first-order valence-corrected chi connectivity index (χ1v) is 6.91. The summed E-state index contributed by atoms with van der Waals surface area (Å²) in [5, 5.41) is 3.14. The van der Waals surface area contributed by atoms with Crippen LogP contribution >= 0.6 is 0 Å². The van der Waals surface area contributed by atoms with Gasteiger partial charge in [-0.25, -0.2) is 9.97 Å². The van der Waals surface area contributed by atoms with Crippen LogP contribution in [0.2, 0.25) is 0 Å². The van der Waals surface area contributed by atoms with Crippen molar-refractivity contribution >= 4 is 11.6 Å². The van der Waals surface area contributed by atoms with Gasteiger partial charge >= 0.3 is 0 Å². The van der Waals surface area contributed by atoms with Gasteiger partial charge in [0.2, 0.25) is 0 Å². The first-order valence-electron chi connectivity index (χ1n) is 6.91. The zero-order valence-electron chi connectivity index (χ0n) is 12.7. The largest absolute Gasteiger partial charge is 0.373 e. The van der Waals surface area contributed by atoms with Crippen molar-refractivity contribution in [3.63, 3.8) is 0 Å². The fraction of sp³-hybridized carbons (Fsp3) is 0.714. The molecular formula is C14H25N5. The predicted octanol–water partition coefficient (Wildman–Crippen LogP) is 1.57. The van der Waals surface area contributed by atoms with Gasteiger partial charge in [-0.05, 0) is 7.05 Å². The molecule has 2 rings (SSSR count). The zero-order valence-corrected chi connectivity index (χ0v) is 12.7. The van der Waals surface area contributed by atoms with Crippen molar-refractivity contribution in [3.05, 3.63) is 11.9 Å². The molecule has 1 aromatic heterocycles. The van der Waals surface area contributed by atoms with Crippen molar-refractivity contribution in [2.45, 2.75) is 26.2 Å². The van der Waals surface area contributed by atoms with Crippen LogP contribution < -0.4 is 10.2 Å². The first kappa shape index (κ1) is 14.1. The van der Waals surface area contributed by atoms with E-state index in [2.05, 4.69) is 47.9 Å². The topological polar surface area (TPSA) is 44.3 Å². The number of nitrogens with zero attached hydrogens (tertiary/aromatic N) is 4. The van der Waals surface area contributed by atoms with Crippen LogP contribution in [0.1, 0.15) is 26.6 Å². The second kappa shape index (κ2) is 5.33. The quantitative estimate of drug-likeness (QED) is 0.877. The molecule has 0 unspecified atom stereocenters. The lowest BCUT2D eigenvalue weighted by molar-refractivity contribution is 0.312. The molecule has 5 nitrogen and oxygen atoms in total. The minimum atomic E-state index is -0.0335. The van der Waals surface area contributed by atoms with Crippen LogP contribution in [0.15, 0.2) is 6.07 Å². The molecule has 0 aromatic carbocycles. The Bertz CT molecular complexity index is 430. The molecule has 0 atom stereocenters. The maximum Gasteiger partial charge on any atom is 0.138 e. The molecule has 1 aliphatic heterocycles. The summed E-state index contributed by atoms with van der Waals surface area (Å²) < 4.78 is 0. The third-order valence-electron chi connectivity index (χ3n) is 3.47. The van der Waals surface area contributed by atoms with Crippen molar-refractivity contribution in [3.8, 4) is 0 Å². The summed E-state index contributed by atoms with van der Waals surface area (Å²) >= 11 is 0. The van der Waals surface area contributed by atoms with Crippen molar-refractivity contribution in [1.82, 2.24) is 14.9 Å². The fourth-order valence-corrected chi connectivity index (χ4v) is 2.10. The van der Waals surface area contributed by atoms with Crippen molar-refractivity contribution in [2.75, 3.05) is 50.5 Å². The first-order chi connectivity index (χ1) is 8.90. The van der Waals surface area contributed by atoms with Crippen molar-refractivity contribution < 1.29 is 0 Å². The van der Waals surface area contributed by atoms with E-state index in [0.29, 0.717) is 0 Å². The second-order valence-electron chi connectivity index (χ2n) is 6.23. The van der Waals surface area contributed by atoms with E-state index in [9.17, 15) is 0 Å². The number of nitrogens with one attached hydrogen (secondary N) is 1. The summed E-state index contributed by atoms with van der Waals surface area (Å²) in [7, 11) is 4.07. The Balaban J connectivity index is 2.29. The third kappa shape index (κ3) is 3.35. The minimum Gasteiger partial charge on any atom is -0.373 e. The number of aromatic nitrogens is 2. The number of hydrogen-bond donors (Lipinski definition) is 1. The summed E-state index contributed by atoms with van der Waals surface area (Å²) in [5.41, 5.74) is -0.0335. The van der Waals surface area contributed by atoms with Gasteiger partial charge in [-0.2, -0.15) is 0 Å². The second-order valence-corrected chi connectivity index (χ2v) is 6.23. The highest BCUT2D eigenvalue weighted by Gasteiger charge is 2.22. The molecule has 1 aromatic rings. The molecular weight excluding hydrogens is 238 g/mol. The van der Waals surface area contributed by atoms with Crippen LogP contribution in [0, 0.1) is 0 Å². The maximum absolute atomic E-state index is 4.76. The van der Waals surface area contributed by atoms with E-state index in [1.54, 1.807) is 0 Å². The Labute approximate surface area is 116 Å². The van der Waals surface area contributed by atoms with E-state index in [1.807, 2.05) is 13.1 Å². The minimum absolute atomic E-state index is 0.0335. The van der Waals surface area contributed by atoms with Gasteiger partial charge in [-0.15, -0.1) is 0 Å². The number of hydrogen-bond acceptors (Lipinski definition) is 5. The van der Waals surface area contributed by atoms with Gasteiger partial charge in [0.25, 0.3) is 0 Å². The van der Waals surface area contributed by atoms with Crippen molar-refractivity contribution in [2.24, 2.45) is 0 Å². The molecule has 5 heteroatoms. The highest BCUT2D eigenvalue weighted by molar-refractivity contribution is 5.50. The van der Waals surface area contributed by atoms with E-state index in [1.165, 1.54) is 0 Å². The van der Waals surface area contributed by atoms with E-state index in [-0.39, 0.29) is 5.41 Å². The van der Waals surface area contributed by atoms with Gasteiger partial charge in [-0.1, -0.05) is 20.8 Å². The summed E-state index contributed by atoms with van der Waals surface area (Å²) in [6, 6.07) is 2.04. The Kier molecular flexibility index (Phi) is 3.94. The average molecular weight is 263 g/mol. The number of piperazine rings is 1. The smallest absolute Gasteiger partial charge is 0.138 e. The van der Waals surface area contributed by atoms with Gasteiger partial charge in [0.15, 0.2) is 0 Å². The van der Waals surface area contributed by atoms with Gasteiger partial charge < -0.3 is 15.1 Å². The molecule has 19 heavy (non-hydrogen) atoms.